The summed E-state index contributed by atoms with van der Waals surface area (Å²) >= 11 is 0. The van der Waals surface area contributed by atoms with Gasteiger partial charge in [0.15, 0.2) is 0 Å². The average Bonchev–Trinajstić information content (AvgIpc) is 3.23. The number of ether oxygens (including phenoxy) is 1. The number of carbonyl (C=O) groups is 2. The van der Waals surface area contributed by atoms with Gasteiger partial charge in [-0.3, -0.25) is 4.98 Å². The molecule has 35 heavy (non-hydrogen) atoms. The van der Waals surface area contributed by atoms with Crippen LogP contribution in [-0.2, 0) is 28.0 Å². The maximum absolute atomic E-state index is 12.6. The molecule has 0 atom stereocenters. The molecule has 10 nitrogen and oxygen atoms in total. The molecule has 1 aromatic heterocycles. The Hall–Kier alpha value is -3.18. The zero-order valence-electron chi connectivity index (χ0n) is 20.2. The number of anilines is 1. The van der Waals surface area contributed by atoms with Crippen molar-refractivity contribution in [2.75, 3.05) is 18.4 Å². The van der Waals surface area contributed by atoms with Crippen molar-refractivity contribution in [2.24, 2.45) is 0 Å². The standard InChI is InChI=1S/C24H31N5O5S/c1-24(2,3)34-23(31)27-35(32,33)29-12-9-18(10-13-29)17-4-6-21(7-5-17)26-22(30)28-15-19-8-11-25-14-20(19)16-28/h4-8,11,14,18H,9-10,12-13,15-16H2,1-3H3,(H,26,30)(H,27,31). The smallest absolute Gasteiger partial charge is 0.422 e. The molecule has 188 valence electrons. The number of nitrogens with one attached hydrogen (secondary N) is 2. The van der Waals surface area contributed by atoms with E-state index >= 15 is 0 Å². The van der Waals surface area contributed by atoms with E-state index < -0.39 is 21.9 Å². The summed E-state index contributed by atoms with van der Waals surface area (Å²) in [5.74, 6) is 0.188. The van der Waals surface area contributed by atoms with Gasteiger partial charge in [0.05, 0.1) is 0 Å². The number of rotatable bonds is 4. The second kappa shape index (κ2) is 9.82. The fourth-order valence-corrected chi connectivity index (χ4v) is 5.38. The molecule has 2 N–H and O–H groups in total. The Kier molecular flexibility index (Phi) is 7.00. The lowest BCUT2D eigenvalue weighted by atomic mass is 9.90. The minimum atomic E-state index is -3.96. The Morgan fingerprint density at radius 2 is 1.69 bits per heavy atom. The lowest BCUT2D eigenvalue weighted by Gasteiger charge is -2.31. The second-order valence-electron chi connectivity index (χ2n) is 9.83. The van der Waals surface area contributed by atoms with Gasteiger partial charge in [-0.25, -0.2) is 14.3 Å². The van der Waals surface area contributed by atoms with Crippen LogP contribution in [0.3, 0.4) is 0 Å². The SMILES string of the molecule is CC(C)(C)OC(=O)NS(=O)(=O)N1CCC(c2ccc(NC(=O)N3Cc4ccncc4C3)cc2)CC1. The van der Waals surface area contributed by atoms with Crippen molar-refractivity contribution in [1.29, 1.82) is 0 Å². The molecule has 0 aliphatic carbocycles. The number of amides is 3. The molecular weight excluding hydrogens is 470 g/mol. The van der Waals surface area contributed by atoms with Crippen LogP contribution in [0.4, 0.5) is 15.3 Å². The van der Waals surface area contributed by atoms with Gasteiger partial charge in [0.2, 0.25) is 0 Å². The van der Waals surface area contributed by atoms with Gasteiger partial charge >= 0.3 is 22.3 Å². The van der Waals surface area contributed by atoms with Crippen LogP contribution in [-0.4, -0.2) is 53.4 Å². The zero-order valence-corrected chi connectivity index (χ0v) is 21.0. The predicted octanol–water partition coefficient (Wildman–Crippen LogP) is 3.58. The first-order valence-electron chi connectivity index (χ1n) is 11.6. The second-order valence-corrected chi connectivity index (χ2v) is 11.5. The van der Waals surface area contributed by atoms with Crippen LogP contribution in [0.15, 0.2) is 42.7 Å². The molecule has 2 aromatic rings. The monoisotopic (exact) mass is 501 g/mol. The van der Waals surface area contributed by atoms with Gasteiger partial charge in [-0.1, -0.05) is 12.1 Å². The first-order chi connectivity index (χ1) is 16.5. The summed E-state index contributed by atoms with van der Waals surface area (Å²) < 4.78 is 33.3. The van der Waals surface area contributed by atoms with Gasteiger partial charge in [0, 0.05) is 44.3 Å². The Balaban J connectivity index is 1.28. The van der Waals surface area contributed by atoms with Crippen molar-refractivity contribution in [3.05, 3.63) is 59.4 Å². The molecule has 2 aliphatic heterocycles. The maximum atomic E-state index is 12.6. The van der Waals surface area contributed by atoms with Crippen LogP contribution < -0.4 is 10.0 Å². The van der Waals surface area contributed by atoms with Gasteiger partial charge in [0.25, 0.3) is 0 Å². The summed E-state index contributed by atoms with van der Waals surface area (Å²) in [6.07, 6.45) is 3.80. The fourth-order valence-electron chi connectivity index (χ4n) is 4.30. The molecule has 3 amide bonds. The van der Waals surface area contributed by atoms with E-state index in [0.717, 1.165) is 16.7 Å². The molecule has 0 spiro atoms. The summed E-state index contributed by atoms with van der Waals surface area (Å²) in [4.78, 5) is 30.4. The van der Waals surface area contributed by atoms with E-state index in [4.69, 9.17) is 4.74 Å². The molecule has 1 fully saturated rings. The number of hydrogen-bond donors (Lipinski definition) is 2. The minimum absolute atomic E-state index is 0.162. The summed E-state index contributed by atoms with van der Waals surface area (Å²) in [7, 11) is -3.96. The normalized spacial score (nSPS) is 17.1. The first kappa shape index (κ1) is 24.9. The molecule has 1 aromatic carbocycles. The van der Waals surface area contributed by atoms with Crippen molar-refractivity contribution in [3.63, 3.8) is 0 Å². The summed E-state index contributed by atoms with van der Waals surface area (Å²) in [5.41, 5.74) is 3.18. The number of benzene rings is 1. The van der Waals surface area contributed by atoms with E-state index in [0.29, 0.717) is 44.7 Å². The highest BCUT2D eigenvalue weighted by Crippen LogP contribution is 2.30. The molecule has 11 heteroatoms. The molecule has 0 saturated carbocycles. The highest BCUT2D eigenvalue weighted by Gasteiger charge is 2.31. The highest BCUT2D eigenvalue weighted by molar-refractivity contribution is 7.87. The van der Waals surface area contributed by atoms with Gasteiger partial charge in [0.1, 0.15) is 5.60 Å². The van der Waals surface area contributed by atoms with Crippen molar-refractivity contribution in [3.8, 4) is 0 Å². The predicted molar refractivity (Wildman–Crippen MR) is 131 cm³/mol. The van der Waals surface area contributed by atoms with Crippen molar-refractivity contribution < 1.29 is 22.7 Å². The Labute approximate surface area is 205 Å². The minimum Gasteiger partial charge on any atom is -0.443 e. The van der Waals surface area contributed by atoms with E-state index in [1.807, 2.05) is 35.1 Å². The third-order valence-corrected chi connectivity index (χ3v) is 7.52. The number of fused-ring (bicyclic) bond motifs is 1. The molecular formula is C24H31N5O5S. The third-order valence-electron chi connectivity index (χ3n) is 6.05. The van der Waals surface area contributed by atoms with Crippen molar-refractivity contribution >= 4 is 28.0 Å². The first-order valence-corrected chi connectivity index (χ1v) is 13.0. The number of aromatic nitrogens is 1. The van der Waals surface area contributed by atoms with Gasteiger partial charge < -0.3 is 15.0 Å². The lowest BCUT2D eigenvalue weighted by Crippen LogP contribution is -2.47. The number of pyridine rings is 1. The average molecular weight is 502 g/mol. The summed E-state index contributed by atoms with van der Waals surface area (Å²) in [6.45, 7) is 6.71. The van der Waals surface area contributed by atoms with Gasteiger partial charge in [-0.2, -0.15) is 12.7 Å². The molecule has 2 aliphatic rings. The van der Waals surface area contributed by atoms with Crippen LogP contribution in [0.5, 0.6) is 0 Å². The van der Waals surface area contributed by atoms with E-state index in [2.05, 4.69) is 10.3 Å². The van der Waals surface area contributed by atoms with E-state index in [9.17, 15) is 18.0 Å². The van der Waals surface area contributed by atoms with Gasteiger partial charge in [-0.15, -0.1) is 0 Å². The third kappa shape index (κ3) is 6.29. The van der Waals surface area contributed by atoms with Crippen LogP contribution >= 0.6 is 0 Å². The van der Waals surface area contributed by atoms with Crippen molar-refractivity contribution in [2.45, 2.75) is 58.2 Å². The molecule has 0 radical (unpaired) electrons. The molecule has 3 heterocycles. The maximum Gasteiger partial charge on any atom is 0.422 e. The Morgan fingerprint density at radius 3 is 2.31 bits per heavy atom. The Morgan fingerprint density at radius 1 is 1.03 bits per heavy atom. The molecule has 0 bridgehead atoms. The van der Waals surface area contributed by atoms with Crippen LogP contribution in [0, 0.1) is 0 Å². The number of piperidine rings is 1. The van der Waals surface area contributed by atoms with E-state index in [1.54, 1.807) is 38.1 Å². The van der Waals surface area contributed by atoms with Crippen LogP contribution in [0.1, 0.15) is 56.2 Å². The van der Waals surface area contributed by atoms with E-state index in [-0.39, 0.29) is 11.9 Å². The van der Waals surface area contributed by atoms with E-state index in [1.165, 1.54) is 4.31 Å². The highest BCUT2D eigenvalue weighted by atomic mass is 32.2. The number of carbonyl (C=O) groups excluding carboxylic acids is 2. The van der Waals surface area contributed by atoms with Crippen LogP contribution in [0.25, 0.3) is 0 Å². The largest absolute Gasteiger partial charge is 0.443 e. The number of urea groups is 1. The fraction of sp³-hybridized carbons (Fsp3) is 0.458. The topological polar surface area (TPSA) is 121 Å². The molecule has 4 rings (SSSR count). The summed E-state index contributed by atoms with van der Waals surface area (Å²) in [6, 6.07) is 9.43. The van der Waals surface area contributed by atoms with Gasteiger partial charge in [-0.05, 0) is 74.4 Å². The van der Waals surface area contributed by atoms with Crippen LogP contribution in [0.2, 0.25) is 0 Å². The Bertz CT molecular complexity index is 1160. The quantitative estimate of drug-likeness (QED) is 0.661. The molecule has 0 unspecified atom stereocenters. The zero-order chi connectivity index (χ0) is 25.2. The number of hydrogen-bond acceptors (Lipinski definition) is 6. The lowest BCUT2D eigenvalue weighted by molar-refractivity contribution is 0.0566. The number of nitrogens with zero attached hydrogens (tertiary/aromatic N) is 3. The summed E-state index contributed by atoms with van der Waals surface area (Å²) in [5, 5.41) is 2.94. The van der Waals surface area contributed by atoms with Crippen molar-refractivity contribution in [1.82, 2.24) is 18.9 Å². The molecule has 1 saturated heterocycles.